The number of carbonyl (C=O) groups excluding carboxylic acids is 1. The minimum Gasteiger partial charge on any atom is -0.487 e. The second kappa shape index (κ2) is 5.05. The summed E-state index contributed by atoms with van der Waals surface area (Å²) in [5.41, 5.74) is 1.19. The number of aliphatic hydroxyl groups excluding tert-OH is 1. The van der Waals surface area contributed by atoms with Crippen LogP contribution in [-0.4, -0.2) is 42.0 Å². The smallest absolute Gasteiger partial charge is 0.319 e. The van der Waals surface area contributed by atoms with Crippen molar-refractivity contribution < 1.29 is 14.6 Å². The molecule has 0 aliphatic carbocycles. The number of likely N-dealkylation sites (tertiary alicyclic amines) is 1. The molecule has 0 aromatic heterocycles. The Balaban J connectivity index is 1.77. The van der Waals surface area contributed by atoms with E-state index in [4.69, 9.17) is 9.84 Å². The van der Waals surface area contributed by atoms with Crippen LogP contribution >= 0.6 is 0 Å². The molecule has 1 aromatic rings. The molecule has 2 N–H and O–H groups in total. The summed E-state index contributed by atoms with van der Waals surface area (Å²) in [5, 5.41) is 10.9. The summed E-state index contributed by atoms with van der Waals surface area (Å²) in [6, 6.07) is 7.57. The van der Waals surface area contributed by atoms with Crippen LogP contribution in [0.1, 0.15) is 5.56 Å². The number of amides is 2. The van der Waals surface area contributed by atoms with E-state index in [-0.39, 0.29) is 18.9 Å². The maximum Gasteiger partial charge on any atom is 0.319 e. The summed E-state index contributed by atoms with van der Waals surface area (Å²) in [7, 11) is 0. The summed E-state index contributed by atoms with van der Waals surface area (Å²) in [4.78, 5) is 12.9. The van der Waals surface area contributed by atoms with Gasteiger partial charge in [-0.15, -0.1) is 0 Å². The first kappa shape index (κ1) is 11.7. The first-order valence-electron chi connectivity index (χ1n) is 5.56. The van der Waals surface area contributed by atoms with Gasteiger partial charge in [0.1, 0.15) is 18.6 Å². The maximum absolute atomic E-state index is 11.3. The Labute approximate surface area is 100.0 Å². The van der Waals surface area contributed by atoms with Gasteiger partial charge in [-0.25, -0.2) is 4.79 Å². The minimum absolute atomic E-state index is 0.0437. The van der Waals surface area contributed by atoms with Crippen LogP contribution in [-0.2, 0) is 0 Å². The average Bonchev–Trinajstić information content (AvgIpc) is 2.25. The lowest BCUT2D eigenvalue weighted by molar-refractivity contribution is 0.0421. The maximum atomic E-state index is 11.3. The number of rotatable bonds is 3. The molecule has 2 rings (SSSR count). The fourth-order valence-electron chi connectivity index (χ4n) is 1.67. The molecular formula is C12H16N2O3. The minimum atomic E-state index is -0.335. The topological polar surface area (TPSA) is 61.8 Å². The van der Waals surface area contributed by atoms with Crippen LogP contribution in [0, 0.1) is 6.92 Å². The van der Waals surface area contributed by atoms with Crippen molar-refractivity contribution in [1.82, 2.24) is 10.2 Å². The summed E-state index contributed by atoms with van der Waals surface area (Å²) in [6.45, 7) is 2.80. The lowest BCUT2D eigenvalue weighted by Gasteiger charge is -2.38. The molecule has 1 saturated heterocycles. The van der Waals surface area contributed by atoms with E-state index in [2.05, 4.69) is 5.32 Å². The molecule has 5 nitrogen and oxygen atoms in total. The van der Waals surface area contributed by atoms with Crippen LogP contribution in [0.25, 0.3) is 0 Å². The quantitative estimate of drug-likeness (QED) is 0.760. The van der Waals surface area contributed by atoms with Crippen LogP contribution in [0.15, 0.2) is 24.3 Å². The van der Waals surface area contributed by atoms with E-state index in [1.54, 1.807) is 4.90 Å². The van der Waals surface area contributed by atoms with Gasteiger partial charge in [-0.2, -0.15) is 0 Å². The van der Waals surface area contributed by atoms with Gasteiger partial charge in [0.25, 0.3) is 0 Å². The van der Waals surface area contributed by atoms with E-state index in [0.29, 0.717) is 13.1 Å². The van der Waals surface area contributed by atoms with Gasteiger partial charge in [-0.1, -0.05) is 17.7 Å². The number of aliphatic hydroxyl groups is 1. The van der Waals surface area contributed by atoms with Gasteiger partial charge in [-0.05, 0) is 19.1 Å². The lowest BCUT2D eigenvalue weighted by Crippen LogP contribution is -2.58. The third-order valence-corrected chi connectivity index (χ3v) is 2.69. The standard InChI is InChI=1S/C12H16N2O3/c1-9-2-4-10(5-3-9)17-11-6-14(7-11)12(16)13-8-15/h2-5,11,15H,6-8H2,1H3,(H,13,16). The number of nitrogens with one attached hydrogen (secondary N) is 1. The highest BCUT2D eigenvalue weighted by atomic mass is 16.5. The van der Waals surface area contributed by atoms with E-state index < -0.39 is 0 Å². The van der Waals surface area contributed by atoms with Crippen molar-refractivity contribution in [3.63, 3.8) is 0 Å². The number of hydrogen-bond acceptors (Lipinski definition) is 3. The number of hydrogen-bond donors (Lipinski definition) is 2. The predicted octanol–water partition coefficient (Wildman–Crippen LogP) is 0.717. The zero-order valence-electron chi connectivity index (χ0n) is 9.72. The van der Waals surface area contributed by atoms with Crippen molar-refractivity contribution in [2.75, 3.05) is 19.8 Å². The van der Waals surface area contributed by atoms with Gasteiger partial charge in [0, 0.05) is 0 Å². The molecule has 0 unspecified atom stereocenters. The van der Waals surface area contributed by atoms with Gasteiger partial charge in [-0.3, -0.25) is 0 Å². The highest BCUT2D eigenvalue weighted by Gasteiger charge is 2.31. The molecule has 0 saturated carbocycles. The second-order valence-corrected chi connectivity index (χ2v) is 4.10. The Morgan fingerprint density at radius 2 is 2.12 bits per heavy atom. The molecule has 1 fully saturated rings. The Morgan fingerprint density at radius 3 is 2.71 bits per heavy atom. The van der Waals surface area contributed by atoms with Crippen molar-refractivity contribution in [2.45, 2.75) is 13.0 Å². The highest BCUT2D eigenvalue weighted by molar-refractivity contribution is 5.75. The predicted molar refractivity (Wildman–Crippen MR) is 62.8 cm³/mol. The SMILES string of the molecule is Cc1ccc(OC2CN(C(=O)NCO)C2)cc1. The van der Waals surface area contributed by atoms with Gasteiger partial charge >= 0.3 is 6.03 Å². The summed E-state index contributed by atoms with van der Waals surface area (Å²) in [5.74, 6) is 0.822. The summed E-state index contributed by atoms with van der Waals surface area (Å²) >= 11 is 0. The molecule has 0 bridgehead atoms. The number of aryl methyl sites for hydroxylation is 1. The second-order valence-electron chi connectivity index (χ2n) is 4.10. The van der Waals surface area contributed by atoms with Crippen LogP contribution in [0.3, 0.4) is 0 Å². The largest absolute Gasteiger partial charge is 0.487 e. The van der Waals surface area contributed by atoms with Crippen molar-refractivity contribution >= 4 is 6.03 Å². The molecule has 1 heterocycles. The lowest BCUT2D eigenvalue weighted by atomic mass is 10.2. The Bertz CT molecular complexity index is 385. The van der Waals surface area contributed by atoms with Crippen LogP contribution in [0.5, 0.6) is 5.75 Å². The Kier molecular flexibility index (Phi) is 3.49. The fourth-order valence-corrected chi connectivity index (χ4v) is 1.67. The number of ether oxygens (including phenoxy) is 1. The van der Waals surface area contributed by atoms with E-state index >= 15 is 0 Å². The number of urea groups is 1. The van der Waals surface area contributed by atoms with Crippen LogP contribution < -0.4 is 10.1 Å². The molecule has 92 valence electrons. The van der Waals surface area contributed by atoms with E-state index in [1.165, 1.54) is 5.56 Å². The normalized spacial score (nSPS) is 15.3. The molecular weight excluding hydrogens is 220 g/mol. The van der Waals surface area contributed by atoms with Crippen LogP contribution in [0.2, 0.25) is 0 Å². The molecule has 2 amide bonds. The average molecular weight is 236 g/mol. The van der Waals surface area contributed by atoms with Crippen LogP contribution in [0.4, 0.5) is 4.79 Å². The molecule has 17 heavy (non-hydrogen) atoms. The molecule has 5 heteroatoms. The Morgan fingerprint density at radius 1 is 1.47 bits per heavy atom. The van der Waals surface area contributed by atoms with Crippen molar-refractivity contribution in [1.29, 1.82) is 0 Å². The molecule has 0 atom stereocenters. The van der Waals surface area contributed by atoms with Gasteiger partial charge < -0.3 is 20.1 Å². The van der Waals surface area contributed by atoms with Crippen molar-refractivity contribution in [2.24, 2.45) is 0 Å². The highest BCUT2D eigenvalue weighted by Crippen LogP contribution is 2.18. The zero-order chi connectivity index (χ0) is 12.3. The number of benzene rings is 1. The first-order valence-corrected chi connectivity index (χ1v) is 5.56. The van der Waals surface area contributed by atoms with E-state index in [0.717, 1.165) is 5.75 Å². The van der Waals surface area contributed by atoms with E-state index in [9.17, 15) is 4.79 Å². The summed E-state index contributed by atoms with van der Waals surface area (Å²) in [6.07, 6.45) is 0.0437. The molecule has 1 aliphatic heterocycles. The fraction of sp³-hybridized carbons (Fsp3) is 0.417. The van der Waals surface area contributed by atoms with Crippen molar-refractivity contribution in [3.8, 4) is 5.75 Å². The number of nitrogens with zero attached hydrogens (tertiary/aromatic N) is 1. The zero-order valence-corrected chi connectivity index (χ0v) is 9.72. The third kappa shape index (κ3) is 2.88. The molecule has 1 aromatic carbocycles. The monoisotopic (exact) mass is 236 g/mol. The van der Waals surface area contributed by atoms with Gasteiger partial charge in [0.15, 0.2) is 0 Å². The van der Waals surface area contributed by atoms with E-state index in [1.807, 2.05) is 31.2 Å². The Hall–Kier alpha value is -1.75. The molecule has 0 spiro atoms. The van der Waals surface area contributed by atoms with Crippen molar-refractivity contribution in [3.05, 3.63) is 29.8 Å². The first-order chi connectivity index (χ1) is 8.19. The van der Waals surface area contributed by atoms with Gasteiger partial charge in [0.2, 0.25) is 0 Å². The molecule has 0 radical (unpaired) electrons. The number of carbonyl (C=O) groups is 1. The summed E-state index contributed by atoms with van der Waals surface area (Å²) < 4.78 is 5.68. The molecule has 1 aliphatic rings. The van der Waals surface area contributed by atoms with Gasteiger partial charge in [0.05, 0.1) is 13.1 Å². The third-order valence-electron chi connectivity index (χ3n) is 2.69.